The van der Waals surface area contributed by atoms with Crippen LogP contribution in [0.3, 0.4) is 0 Å². The number of fused-ring (bicyclic) bond motifs is 1. The number of aromatic nitrogens is 4. The number of nitrogens with zero attached hydrogens (tertiary/aromatic N) is 4. The lowest BCUT2D eigenvalue weighted by Crippen LogP contribution is -2.01. The van der Waals surface area contributed by atoms with Crippen LogP contribution in [0.25, 0.3) is 5.52 Å². The van der Waals surface area contributed by atoms with Crippen molar-refractivity contribution in [2.45, 2.75) is 20.4 Å². The molecule has 1 N–H and O–H groups in total. The van der Waals surface area contributed by atoms with Crippen LogP contribution in [0.2, 0.25) is 0 Å². The van der Waals surface area contributed by atoms with Gasteiger partial charge in [0.25, 0.3) is 0 Å². The lowest BCUT2D eigenvalue weighted by molar-refractivity contribution is 0.731. The van der Waals surface area contributed by atoms with E-state index in [0.717, 1.165) is 29.1 Å². The average molecular weight is 255 g/mol. The third kappa shape index (κ3) is 1.97. The van der Waals surface area contributed by atoms with Gasteiger partial charge in [0.1, 0.15) is 0 Å². The molecular weight excluding hydrogens is 238 g/mol. The maximum absolute atomic E-state index is 4.41. The fourth-order valence-corrected chi connectivity index (χ4v) is 2.34. The van der Waals surface area contributed by atoms with E-state index >= 15 is 0 Å². The highest BCUT2D eigenvalue weighted by atomic mass is 15.3. The zero-order chi connectivity index (χ0) is 13.4. The second kappa shape index (κ2) is 4.42. The van der Waals surface area contributed by atoms with Gasteiger partial charge >= 0.3 is 0 Å². The third-order valence-electron chi connectivity index (χ3n) is 3.47. The average Bonchev–Trinajstić information content (AvgIpc) is 2.91. The van der Waals surface area contributed by atoms with E-state index < -0.39 is 0 Å². The first kappa shape index (κ1) is 11.8. The van der Waals surface area contributed by atoms with E-state index in [9.17, 15) is 0 Å². The van der Waals surface area contributed by atoms with Gasteiger partial charge in [-0.15, -0.1) is 0 Å². The summed E-state index contributed by atoms with van der Waals surface area (Å²) in [5.74, 6) is 0. The van der Waals surface area contributed by atoms with E-state index in [-0.39, 0.29) is 0 Å². The normalized spacial score (nSPS) is 11.1. The molecule has 5 heteroatoms. The highest BCUT2D eigenvalue weighted by molar-refractivity contribution is 5.57. The summed E-state index contributed by atoms with van der Waals surface area (Å²) in [6.07, 6.45) is 3.86. The Morgan fingerprint density at radius 1 is 1.26 bits per heavy atom. The molecular formula is C14H17N5. The number of hydrogen-bond donors (Lipinski definition) is 1. The molecule has 3 rings (SSSR count). The number of anilines is 1. The molecule has 0 aliphatic carbocycles. The van der Waals surface area contributed by atoms with Crippen LogP contribution in [0.1, 0.15) is 17.0 Å². The topological polar surface area (TPSA) is 47.2 Å². The van der Waals surface area contributed by atoms with Crippen LogP contribution < -0.4 is 5.32 Å². The molecule has 0 aliphatic rings. The maximum atomic E-state index is 4.41. The minimum atomic E-state index is 0.751. The summed E-state index contributed by atoms with van der Waals surface area (Å²) < 4.78 is 3.79. The molecule has 3 aromatic rings. The molecule has 98 valence electrons. The Morgan fingerprint density at radius 2 is 2.11 bits per heavy atom. The summed E-state index contributed by atoms with van der Waals surface area (Å²) in [6.45, 7) is 4.84. The van der Waals surface area contributed by atoms with Crippen molar-refractivity contribution >= 4 is 11.2 Å². The standard InChI is InChI=1S/C14H17N5/c1-10-14(11(2)18(3)17-10)15-8-12-9-16-19-7-5-4-6-13(12)19/h4-7,9,15H,8H2,1-3H3. The molecule has 0 bridgehead atoms. The van der Waals surface area contributed by atoms with Crippen molar-refractivity contribution in [2.24, 2.45) is 7.05 Å². The predicted molar refractivity (Wildman–Crippen MR) is 75.2 cm³/mol. The summed E-state index contributed by atoms with van der Waals surface area (Å²) in [5, 5.41) is 12.2. The van der Waals surface area contributed by atoms with Gasteiger partial charge in [0.2, 0.25) is 0 Å². The van der Waals surface area contributed by atoms with Gasteiger partial charge in [0.05, 0.1) is 28.8 Å². The van der Waals surface area contributed by atoms with Crippen molar-refractivity contribution < 1.29 is 0 Å². The van der Waals surface area contributed by atoms with Crippen LogP contribution in [0.4, 0.5) is 5.69 Å². The molecule has 0 spiro atoms. The Morgan fingerprint density at radius 3 is 2.84 bits per heavy atom. The van der Waals surface area contributed by atoms with Crippen molar-refractivity contribution in [3.05, 3.63) is 47.5 Å². The summed E-state index contributed by atoms with van der Waals surface area (Å²) in [6, 6.07) is 6.08. The van der Waals surface area contributed by atoms with Gasteiger partial charge in [-0.1, -0.05) is 6.07 Å². The van der Waals surface area contributed by atoms with Crippen LogP contribution >= 0.6 is 0 Å². The minimum Gasteiger partial charge on any atom is -0.378 e. The first-order chi connectivity index (χ1) is 9.16. The molecule has 0 saturated carbocycles. The van der Waals surface area contributed by atoms with Crippen LogP contribution in [0.5, 0.6) is 0 Å². The van der Waals surface area contributed by atoms with E-state index in [1.807, 2.05) is 47.7 Å². The fraction of sp³-hybridized carbons (Fsp3) is 0.286. The summed E-state index contributed by atoms with van der Waals surface area (Å²) in [5.41, 5.74) is 5.60. The van der Waals surface area contributed by atoms with E-state index in [2.05, 4.69) is 28.5 Å². The van der Waals surface area contributed by atoms with E-state index in [1.54, 1.807) is 0 Å². The van der Waals surface area contributed by atoms with Crippen molar-refractivity contribution in [1.29, 1.82) is 0 Å². The van der Waals surface area contributed by atoms with Gasteiger partial charge in [-0.25, -0.2) is 4.52 Å². The van der Waals surface area contributed by atoms with Gasteiger partial charge in [-0.2, -0.15) is 10.2 Å². The first-order valence-corrected chi connectivity index (χ1v) is 6.32. The van der Waals surface area contributed by atoms with Crippen molar-refractivity contribution in [2.75, 3.05) is 5.32 Å². The van der Waals surface area contributed by atoms with Crippen LogP contribution in [-0.4, -0.2) is 19.4 Å². The third-order valence-corrected chi connectivity index (χ3v) is 3.47. The quantitative estimate of drug-likeness (QED) is 0.781. The SMILES string of the molecule is Cc1nn(C)c(C)c1NCc1cnn2ccccc12. The molecule has 3 heterocycles. The zero-order valence-corrected chi connectivity index (χ0v) is 11.4. The largest absolute Gasteiger partial charge is 0.378 e. The summed E-state index contributed by atoms with van der Waals surface area (Å²) in [7, 11) is 1.96. The van der Waals surface area contributed by atoms with Crippen molar-refractivity contribution in [3.8, 4) is 0 Å². The van der Waals surface area contributed by atoms with Gasteiger partial charge in [0.15, 0.2) is 0 Å². The predicted octanol–water partition coefficient (Wildman–Crippen LogP) is 2.30. The highest BCUT2D eigenvalue weighted by Gasteiger charge is 2.10. The van der Waals surface area contributed by atoms with E-state index in [1.165, 1.54) is 5.56 Å². The smallest absolute Gasteiger partial charge is 0.0827 e. The highest BCUT2D eigenvalue weighted by Crippen LogP contribution is 2.20. The number of aryl methyl sites for hydroxylation is 2. The molecule has 0 radical (unpaired) electrons. The maximum Gasteiger partial charge on any atom is 0.0827 e. The Labute approximate surface area is 111 Å². The molecule has 0 fully saturated rings. The van der Waals surface area contributed by atoms with Crippen molar-refractivity contribution in [3.63, 3.8) is 0 Å². The molecule has 0 aromatic carbocycles. The Bertz CT molecular complexity index is 723. The number of hydrogen-bond acceptors (Lipinski definition) is 3. The number of rotatable bonds is 3. The van der Waals surface area contributed by atoms with Gasteiger partial charge < -0.3 is 5.32 Å². The molecule has 0 unspecified atom stereocenters. The Hall–Kier alpha value is -2.30. The minimum absolute atomic E-state index is 0.751. The molecule has 0 atom stereocenters. The molecule has 0 saturated heterocycles. The lowest BCUT2D eigenvalue weighted by Gasteiger charge is -2.05. The Balaban J connectivity index is 1.86. The molecule has 5 nitrogen and oxygen atoms in total. The molecule has 19 heavy (non-hydrogen) atoms. The van der Waals surface area contributed by atoms with E-state index in [4.69, 9.17) is 0 Å². The van der Waals surface area contributed by atoms with Crippen LogP contribution in [0.15, 0.2) is 30.6 Å². The van der Waals surface area contributed by atoms with Gasteiger partial charge in [0, 0.05) is 25.4 Å². The zero-order valence-electron chi connectivity index (χ0n) is 11.4. The number of pyridine rings is 1. The fourth-order valence-electron chi connectivity index (χ4n) is 2.34. The van der Waals surface area contributed by atoms with E-state index in [0.29, 0.717) is 0 Å². The van der Waals surface area contributed by atoms with Crippen LogP contribution in [-0.2, 0) is 13.6 Å². The Kier molecular flexibility index (Phi) is 2.74. The molecule has 0 aliphatic heterocycles. The first-order valence-electron chi connectivity index (χ1n) is 6.32. The monoisotopic (exact) mass is 255 g/mol. The second-order valence-corrected chi connectivity index (χ2v) is 4.72. The molecule has 3 aromatic heterocycles. The van der Waals surface area contributed by atoms with Gasteiger partial charge in [-0.05, 0) is 26.0 Å². The van der Waals surface area contributed by atoms with Gasteiger partial charge in [-0.3, -0.25) is 4.68 Å². The van der Waals surface area contributed by atoms with Crippen LogP contribution in [0, 0.1) is 13.8 Å². The van der Waals surface area contributed by atoms with Crippen molar-refractivity contribution in [1.82, 2.24) is 19.4 Å². The number of nitrogens with one attached hydrogen (secondary N) is 1. The lowest BCUT2D eigenvalue weighted by atomic mass is 10.2. The molecule has 0 amide bonds. The summed E-state index contributed by atoms with van der Waals surface area (Å²) >= 11 is 0. The second-order valence-electron chi connectivity index (χ2n) is 4.72. The summed E-state index contributed by atoms with van der Waals surface area (Å²) in [4.78, 5) is 0.